The highest BCUT2D eigenvalue weighted by Gasteiger charge is 2.74. The van der Waals surface area contributed by atoms with Crippen LogP contribution in [0.4, 0.5) is 0 Å². The molecule has 0 radical (unpaired) electrons. The number of rotatable bonds is 13. The molecule has 1 aliphatic rings. The van der Waals surface area contributed by atoms with E-state index in [4.69, 9.17) is 18.9 Å². The molecule has 6 rings (SSSR count). The molecule has 2 heterocycles. The van der Waals surface area contributed by atoms with Gasteiger partial charge in [-0.1, -0.05) is 121 Å². The number of aliphatic hydroxyl groups is 1. The molecule has 1 fully saturated rings. The maximum absolute atomic E-state index is 14.8. The highest BCUT2D eigenvalue weighted by molar-refractivity contribution is 6.14. The lowest BCUT2D eigenvalue weighted by atomic mass is 9.61. The third-order valence-electron chi connectivity index (χ3n) is 9.90. The third-order valence-corrected chi connectivity index (χ3v) is 11.4. The summed E-state index contributed by atoms with van der Waals surface area (Å²) in [6.07, 6.45) is 0.590. The summed E-state index contributed by atoms with van der Waals surface area (Å²) in [5.41, 5.74) is -1.22. The zero-order valence-corrected chi connectivity index (χ0v) is 32.5. The Bertz CT molecular complexity index is 2010. The highest BCUT2D eigenvalue weighted by atomic mass is 28.1. The van der Waals surface area contributed by atoms with Crippen molar-refractivity contribution in [3.8, 4) is 0 Å². The zero-order valence-electron chi connectivity index (χ0n) is 30.5. The Morgan fingerprint density at radius 3 is 1.75 bits per heavy atom. The molecule has 1 N–H and O–H groups in total. The average Bonchev–Trinajstić information content (AvgIpc) is 3.35. The van der Waals surface area contributed by atoms with Crippen LogP contribution in [0.15, 0.2) is 137 Å². The molecule has 10 heteroatoms. The Hall–Kier alpha value is -4.42. The van der Waals surface area contributed by atoms with Crippen molar-refractivity contribution in [3.05, 3.63) is 176 Å². The molecule has 272 valence electrons. The van der Waals surface area contributed by atoms with Crippen molar-refractivity contribution in [3.63, 3.8) is 0 Å². The van der Waals surface area contributed by atoms with E-state index in [2.05, 4.69) is 0 Å². The molecule has 52 heavy (non-hydrogen) atoms. The minimum absolute atomic E-state index is 0.00760. The van der Waals surface area contributed by atoms with E-state index in [1.165, 1.54) is 4.57 Å². The Labute approximate surface area is 307 Å². The summed E-state index contributed by atoms with van der Waals surface area (Å²) < 4.78 is 28.6. The van der Waals surface area contributed by atoms with Gasteiger partial charge in [-0.05, 0) is 49.9 Å². The van der Waals surface area contributed by atoms with Crippen LogP contribution in [0.5, 0.6) is 0 Å². The minimum atomic E-state index is -1.80. The summed E-state index contributed by atoms with van der Waals surface area (Å²) in [5, 5.41) is 12.2. The van der Waals surface area contributed by atoms with Gasteiger partial charge in [-0.3, -0.25) is 9.36 Å². The second-order valence-corrected chi connectivity index (χ2v) is 15.9. The second-order valence-electron chi connectivity index (χ2n) is 14.6. The first-order valence-electron chi connectivity index (χ1n) is 17.6. The number of nitrogens with zero attached hydrogens (tertiary/aromatic N) is 2. The Morgan fingerprint density at radius 1 is 0.769 bits per heavy atom. The van der Waals surface area contributed by atoms with Gasteiger partial charge in [0, 0.05) is 11.8 Å². The number of aromatic nitrogens is 2. The highest BCUT2D eigenvalue weighted by Crippen LogP contribution is 2.59. The van der Waals surface area contributed by atoms with Crippen molar-refractivity contribution < 1.29 is 24.1 Å². The normalized spacial score (nSPS) is 21.4. The molecule has 0 unspecified atom stereocenters. The molecule has 5 aromatic rings. The molecular formula is C42H48N2O7Si. The monoisotopic (exact) mass is 720 g/mol. The molecule has 1 aromatic heterocycles. The zero-order chi connectivity index (χ0) is 37.0. The fourth-order valence-electron chi connectivity index (χ4n) is 7.50. The van der Waals surface area contributed by atoms with Crippen LogP contribution in [0, 0.1) is 6.92 Å². The number of benzene rings is 4. The molecule has 0 bridgehead atoms. The van der Waals surface area contributed by atoms with Crippen LogP contribution in [-0.2, 0) is 49.7 Å². The molecule has 0 aliphatic carbocycles. The number of aryl methyl sites for hydroxylation is 1. The molecule has 4 aromatic carbocycles. The molecule has 3 atom stereocenters. The Balaban J connectivity index is 1.57. The summed E-state index contributed by atoms with van der Waals surface area (Å²) in [7, 11) is 0.177. The lowest BCUT2D eigenvalue weighted by Crippen LogP contribution is -2.67. The fourth-order valence-corrected chi connectivity index (χ4v) is 9.12. The van der Waals surface area contributed by atoms with Gasteiger partial charge in [0.1, 0.15) is 23.8 Å². The van der Waals surface area contributed by atoms with Gasteiger partial charge in [0.05, 0.1) is 47.7 Å². The van der Waals surface area contributed by atoms with Crippen molar-refractivity contribution in [1.82, 2.24) is 9.13 Å². The largest absolute Gasteiger partial charge is 0.383 e. The van der Waals surface area contributed by atoms with E-state index >= 15 is 0 Å². The van der Waals surface area contributed by atoms with Gasteiger partial charge in [-0.25, -0.2) is 9.36 Å². The van der Waals surface area contributed by atoms with Crippen LogP contribution in [0.25, 0.3) is 0 Å². The van der Waals surface area contributed by atoms with Crippen molar-refractivity contribution in [1.29, 1.82) is 0 Å². The quantitative estimate of drug-likeness (QED) is 0.177. The van der Waals surface area contributed by atoms with E-state index in [1.54, 1.807) is 13.1 Å². The van der Waals surface area contributed by atoms with Gasteiger partial charge >= 0.3 is 5.69 Å². The van der Waals surface area contributed by atoms with Crippen molar-refractivity contribution >= 4 is 10.2 Å². The number of hydrogen-bond donors (Lipinski definition) is 1. The van der Waals surface area contributed by atoms with Crippen LogP contribution in [0.3, 0.4) is 0 Å². The van der Waals surface area contributed by atoms with Crippen LogP contribution in [0.1, 0.15) is 48.6 Å². The van der Waals surface area contributed by atoms with Gasteiger partial charge < -0.3 is 24.1 Å². The van der Waals surface area contributed by atoms with E-state index in [9.17, 15) is 14.7 Å². The van der Waals surface area contributed by atoms with E-state index in [0.29, 0.717) is 5.56 Å². The lowest BCUT2D eigenvalue weighted by Gasteiger charge is -2.50. The lowest BCUT2D eigenvalue weighted by molar-refractivity contribution is -0.151. The number of ether oxygens (including phenoxy) is 4. The standard InChI is InChI=1S/C42H48N2O7Si/c1-31-25-44(38(46)43(37(31)45)30-49-27-33-19-11-6-12-20-33)42(52)41(34-21-13-7-14-22-34,35-23-15-8-16-24-35)40(47,36(51-42)28-50-39(2,3)4)29-48-26-32-17-9-5-10-18-32/h5-25,36,47H,26-30H2,1-4,52H3/t36-,40-,42+/m1/s1. The first-order chi connectivity index (χ1) is 24.9. The molecule has 1 saturated heterocycles. The molecule has 1 aliphatic heterocycles. The van der Waals surface area contributed by atoms with Gasteiger partial charge in [-0.2, -0.15) is 0 Å². The van der Waals surface area contributed by atoms with Crippen molar-refractivity contribution in [2.45, 2.75) is 75.7 Å². The van der Waals surface area contributed by atoms with Crippen LogP contribution < -0.4 is 11.2 Å². The summed E-state index contributed by atoms with van der Waals surface area (Å²) in [6.45, 7) is 7.56. The Morgan fingerprint density at radius 2 is 1.25 bits per heavy atom. The number of hydrogen-bond acceptors (Lipinski definition) is 7. The minimum Gasteiger partial charge on any atom is -0.383 e. The van der Waals surface area contributed by atoms with Gasteiger partial charge in [0.25, 0.3) is 5.56 Å². The summed E-state index contributed by atoms with van der Waals surface area (Å²) in [4.78, 5) is 28.4. The predicted octanol–water partition coefficient (Wildman–Crippen LogP) is 4.62. The Kier molecular flexibility index (Phi) is 11.0. The smallest absolute Gasteiger partial charge is 0.335 e. The first kappa shape index (κ1) is 37.3. The van der Waals surface area contributed by atoms with Crippen LogP contribution in [0.2, 0.25) is 0 Å². The van der Waals surface area contributed by atoms with Crippen LogP contribution in [-0.4, -0.2) is 55.0 Å². The van der Waals surface area contributed by atoms with Gasteiger partial charge in [0.15, 0.2) is 0 Å². The van der Waals surface area contributed by atoms with Crippen molar-refractivity contribution in [2.24, 2.45) is 0 Å². The SMILES string of the molecule is Cc1cn([C@]2([SiH3])O[C@H](COC(C)(C)C)[C@](O)(COCc3ccccc3)C2(c2ccccc2)c2ccccc2)c(=O)n(COCc2ccccc2)c1=O. The molecule has 0 saturated carbocycles. The summed E-state index contributed by atoms with van der Waals surface area (Å²) in [5.74, 6) is 0. The second kappa shape index (κ2) is 15.3. The maximum Gasteiger partial charge on any atom is 0.335 e. The van der Waals surface area contributed by atoms with E-state index in [-0.39, 0.29) is 43.4 Å². The average molecular weight is 721 g/mol. The summed E-state index contributed by atoms with van der Waals surface area (Å²) in [6, 6.07) is 38.7. The van der Waals surface area contributed by atoms with Gasteiger partial charge in [0.2, 0.25) is 0 Å². The third kappa shape index (κ3) is 7.02. The van der Waals surface area contributed by atoms with E-state index in [1.807, 2.05) is 142 Å². The molecule has 0 amide bonds. The molecule has 0 spiro atoms. The van der Waals surface area contributed by atoms with E-state index in [0.717, 1.165) is 26.8 Å². The van der Waals surface area contributed by atoms with E-state index < -0.39 is 39.3 Å². The maximum atomic E-state index is 14.8. The predicted molar refractivity (Wildman–Crippen MR) is 204 cm³/mol. The van der Waals surface area contributed by atoms with Crippen LogP contribution >= 0.6 is 0 Å². The summed E-state index contributed by atoms with van der Waals surface area (Å²) >= 11 is 0. The fraction of sp³-hybridized carbons (Fsp3) is 0.333. The molecule has 9 nitrogen and oxygen atoms in total. The topological polar surface area (TPSA) is 101 Å². The van der Waals surface area contributed by atoms with Gasteiger partial charge in [-0.15, -0.1) is 0 Å². The first-order valence-corrected chi connectivity index (χ1v) is 18.6. The van der Waals surface area contributed by atoms with Crippen molar-refractivity contribution in [2.75, 3.05) is 13.2 Å². The molecular weight excluding hydrogens is 673 g/mol.